The van der Waals surface area contributed by atoms with E-state index in [2.05, 4.69) is 0 Å². The van der Waals surface area contributed by atoms with Crippen LogP contribution in [0.2, 0.25) is 0 Å². The minimum absolute atomic E-state index is 0.455. The van der Waals surface area contributed by atoms with Crippen molar-refractivity contribution in [3.8, 4) is 0 Å². The maximum atomic E-state index is 11.9. The molecule has 0 radical (unpaired) electrons. The molecule has 0 atom stereocenters. The number of carbonyl (C=O) groups excluding carboxylic acids is 1. The first-order chi connectivity index (χ1) is 12.8. The molecule has 26 heavy (non-hydrogen) atoms. The number of Topliss-reactive ketones (excluding diaryl/α,β-unsaturated/α-hetero) is 1. The molecule has 0 saturated carbocycles. The van der Waals surface area contributed by atoms with Gasteiger partial charge in [0, 0.05) is 25.7 Å². The van der Waals surface area contributed by atoms with Crippen molar-refractivity contribution < 1.29 is 13.6 Å². The molecule has 0 fully saturated rings. The molecule has 2 aromatic rings. The molecule has 0 saturated heterocycles. The molecule has 0 bridgehead atoms. The Labute approximate surface area is 158 Å². The van der Waals surface area contributed by atoms with E-state index in [-0.39, 0.29) is 0 Å². The van der Waals surface area contributed by atoms with Crippen LogP contribution in [0.1, 0.15) is 88.6 Å². The number of aryl methyl sites for hydroxylation is 2. The number of rotatable bonds is 16. The zero-order valence-electron chi connectivity index (χ0n) is 16.1. The molecule has 0 N–H and O–H groups in total. The van der Waals surface area contributed by atoms with Crippen molar-refractivity contribution in [1.82, 2.24) is 0 Å². The SMILES string of the molecule is O=C(CCCCCCCc1ccco1)CCCCCCCc1ccco1. The molecule has 144 valence electrons. The predicted octanol–water partition coefficient (Wildman–Crippen LogP) is 6.91. The van der Waals surface area contributed by atoms with Gasteiger partial charge in [0.15, 0.2) is 0 Å². The van der Waals surface area contributed by atoms with Gasteiger partial charge in [-0.05, 0) is 49.9 Å². The minimum Gasteiger partial charge on any atom is -0.469 e. The molecule has 0 unspecified atom stereocenters. The minimum atomic E-state index is 0.455. The largest absolute Gasteiger partial charge is 0.469 e. The highest BCUT2D eigenvalue weighted by atomic mass is 16.3. The summed E-state index contributed by atoms with van der Waals surface area (Å²) in [6.45, 7) is 0. The Morgan fingerprint density at radius 3 is 1.46 bits per heavy atom. The van der Waals surface area contributed by atoms with Gasteiger partial charge in [-0.1, -0.05) is 38.5 Å². The second kappa shape index (κ2) is 13.4. The highest BCUT2D eigenvalue weighted by Gasteiger charge is 2.03. The summed E-state index contributed by atoms with van der Waals surface area (Å²) in [5.74, 6) is 2.62. The van der Waals surface area contributed by atoms with Crippen molar-refractivity contribution in [2.75, 3.05) is 0 Å². The van der Waals surface area contributed by atoms with Crippen LogP contribution >= 0.6 is 0 Å². The van der Waals surface area contributed by atoms with Crippen molar-refractivity contribution in [3.63, 3.8) is 0 Å². The van der Waals surface area contributed by atoms with Crippen LogP contribution in [-0.2, 0) is 17.6 Å². The monoisotopic (exact) mass is 358 g/mol. The average molecular weight is 359 g/mol. The van der Waals surface area contributed by atoms with Crippen LogP contribution < -0.4 is 0 Å². The number of unbranched alkanes of at least 4 members (excludes halogenated alkanes) is 8. The number of hydrogen-bond donors (Lipinski definition) is 0. The lowest BCUT2D eigenvalue weighted by atomic mass is 10.0. The van der Waals surface area contributed by atoms with Crippen molar-refractivity contribution in [2.24, 2.45) is 0 Å². The topological polar surface area (TPSA) is 43.4 Å². The lowest BCUT2D eigenvalue weighted by Gasteiger charge is -2.03. The lowest BCUT2D eigenvalue weighted by molar-refractivity contribution is -0.119. The van der Waals surface area contributed by atoms with E-state index in [1.807, 2.05) is 24.3 Å². The fraction of sp³-hybridized carbons (Fsp3) is 0.609. The van der Waals surface area contributed by atoms with Crippen LogP contribution in [0.5, 0.6) is 0 Å². The van der Waals surface area contributed by atoms with Gasteiger partial charge in [0.05, 0.1) is 12.5 Å². The smallest absolute Gasteiger partial charge is 0.132 e. The Kier molecular flexibility index (Phi) is 10.6. The first-order valence-corrected chi connectivity index (χ1v) is 10.4. The fourth-order valence-corrected chi connectivity index (χ4v) is 3.34. The molecule has 0 aliphatic heterocycles. The molecule has 2 rings (SSSR count). The van der Waals surface area contributed by atoms with Crippen molar-refractivity contribution in [3.05, 3.63) is 48.3 Å². The highest BCUT2D eigenvalue weighted by Crippen LogP contribution is 2.13. The molecule has 2 aromatic heterocycles. The lowest BCUT2D eigenvalue weighted by Crippen LogP contribution is -1.97. The number of hydrogen-bond acceptors (Lipinski definition) is 3. The van der Waals surface area contributed by atoms with E-state index < -0.39 is 0 Å². The quantitative estimate of drug-likeness (QED) is 0.306. The molecular formula is C23H34O3. The summed E-state index contributed by atoms with van der Waals surface area (Å²) in [5, 5.41) is 0. The third-order valence-corrected chi connectivity index (χ3v) is 4.92. The standard InChI is InChI=1S/C23H34O3/c24-21(13-7-3-1-5-9-15-22-17-11-19-25-22)14-8-4-2-6-10-16-23-18-12-20-26-23/h11-12,17-20H,1-10,13-16H2. The Hall–Kier alpha value is -1.77. The van der Waals surface area contributed by atoms with E-state index in [1.54, 1.807) is 12.5 Å². The van der Waals surface area contributed by atoms with Gasteiger partial charge in [-0.3, -0.25) is 4.79 Å². The summed E-state index contributed by atoms with van der Waals surface area (Å²) in [5.41, 5.74) is 0. The third kappa shape index (κ3) is 9.65. The van der Waals surface area contributed by atoms with Crippen LogP contribution in [0.4, 0.5) is 0 Å². The molecule has 2 heterocycles. The Morgan fingerprint density at radius 2 is 1.04 bits per heavy atom. The predicted molar refractivity (Wildman–Crippen MR) is 105 cm³/mol. The van der Waals surface area contributed by atoms with E-state index in [9.17, 15) is 4.79 Å². The van der Waals surface area contributed by atoms with Crippen molar-refractivity contribution in [2.45, 2.75) is 89.9 Å². The first-order valence-electron chi connectivity index (χ1n) is 10.4. The summed E-state index contributed by atoms with van der Waals surface area (Å²) >= 11 is 0. The highest BCUT2D eigenvalue weighted by molar-refractivity contribution is 5.78. The summed E-state index contributed by atoms with van der Waals surface area (Å²) in [6.07, 6.45) is 18.8. The molecule has 0 aromatic carbocycles. The first kappa shape index (κ1) is 20.5. The van der Waals surface area contributed by atoms with Gasteiger partial charge in [0.1, 0.15) is 17.3 Å². The Morgan fingerprint density at radius 1 is 0.615 bits per heavy atom. The number of carbonyl (C=O) groups is 1. The maximum Gasteiger partial charge on any atom is 0.132 e. The third-order valence-electron chi connectivity index (χ3n) is 4.92. The van der Waals surface area contributed by atoms with E-state index >= 15 is 0 Å². The van der Waals surface area contributed by atoms with E-state index in [4.69, 9.17) is 8.83 Å². The van der Waals surface area contributed by atoms with Crippen molar-refractivity contribution in [1.29, 1.82) is 0 Å². The normalized spacial score (nSPS) is 11.1. The van der Waals surface area contributed by atoms with Gasteiger partial charge >= 0.3 is 0 Å². The van der Waals surface area contributed by atoms with E-state index in [1.165, 1.54) is 51.4 Å². The van der Waals surface area contributed by atoms with Gasteiger partial charge in [-0.15, -0.1) is 0 Å². The zero-order valence-corrected chi connectivity index (χ0v) is 16.1. The summed E-state index contributed by atoms with van der Waals surface area (Å²) < 4.78 is 10.7. The summed E-state index contributed by atoms with van der Waals surface area (Å²) in [4.78, 5) is 11.9. The average Bonchev–Trinajstić information content (AvgIpc) is 3.34. The maximum absolute atomic E-state index is 11.9. The second-order valence-corrected chi connectivity index (χ2v) is 7.23. The van der Waals surface area contributed by atoms with Gasteiger partial charge < -0.3 is 8.83 Å². The number of ketones is 1. The van der Waals surface area contributed by atoms with E-state index in [0.717, 1.165) is 50.0 Å². The molecule has 3 heteroatoms. The molecule has 3 nitrogen and oxygen atoms in total. The molecule has 0 aliphatic rings. The van der Waals surface area contributed by atoms with Crippen LogP contribution in [-0.4, -0.2) is 5.78 Å². The second-order valence-electron chi connectivity index (χ2n) is 7.23. The van der Waals surface area contributed by atoms with Gasteiger partial charge in [0.2, 0.25) is 0 Å². The molecule has 0 aliphatic carbocycles. The van der Waals surface area contributed by atoms with Crippen molar-refractivity contribution >= 4 is 5.78 Å². The van der Waals surface area contributed by atoms with Gasteiger partial charge in [-0.25, -0.2) is 0 Å². The number of furan rings is 2. The Balaban J connectivity index is 1.31. The van der Waals surface area contributed by atoms with Crippen LogP contribution in [0, 0.1) is 0 Å². The molecule has 0 spiro atoms. The summed E-state index contributed by atoms with van der Waals surface area (Å²) in [6, 6.07) is 7.97. The molecular weight excluding hydrogens is 324 g/mol. The summed E-state index contributed by atoms with van der Waals surface area (Å²) in [7, 11) is 0. The van der Waals surface area contributed by atoms with E-state index in [0.29, 0.717) is 5.78 Å². The Bertz CT molecular complexity index is 504. The fourth-order valence-electron chi connectivity index (χ4n) is 3.34. The van der Waals surface area contributed by atoms with Gasteiger partial charge in [-0.2, -0.15) is 0 Å². The zero-order chi connectivity index (χ0) is 18.3. The van der Waals surface area contributed by atoms with Gasteiger partial charge in [0.25, 0.3) is 0 Å². The van der Waals surface area contributed by atoms with Crippen LogP contribution in [0.3, 0.4) is 0 Å². The van der Waals surface area contributed by atoms with Crippen LogP contribution in [0.15, 0.2) is 45.6 Å². The molecule has 0 amide bonds. The van der Waals surface area contributed by atoms with Crippen LogP contribution in [0.25, 0.3) is 0 Å².